The minimum atomic E-state index is -0.728. The first-order valence-corrected chi connectivity index (χ1v) is 16.8. The number of hydrogen-bond acceptors (Lipinski definition) is 5. The number of aromatic nitrogens is 1. The van der Waals surface area contributed by atoms with Gasteiger partial charge in [-0.3, -0.25) is 19.2 Å². The SMILES string of the molecule is CC(=O)N[C@H](Cc1c[nH]c2ccccc12)C(=O)N1CC[C@H]2NC(=O)[C@H](Cc3ccccc3)NC(=O)C3(C/C=C/C[C@H]2C1)CCOCC3. The molecule has 0 unspecified atom stereocenters. The summed E-state index contributed by atoms with van der Waals surface area (Å²) in [5.74, 6) is -0.719. The largest absolute Gasteiger partial charge is 0.381 e. The molecule has 10 heteroatoms. The van der Waals surface area contributed by atoms with Crippen molar-refractivity contribution in [1.82, 2.24) is 25.8 Å². The number of carbonyl (C=O) groups is 4. The molecule has 3 aliphatic rings. The minimum Gasteiger partial charge on any atom is -0.381 e. The Morgan fingerprint density at radius 3 is 2.57 bits per heavy atom. The maximum absolute atomic E-state index is 14.0. The molecule has 47 heavy (non-hydrogen) atoms. The van der Waals surface area contributed by atoms with Crippen molar-refractivity contribution in [3.63, 3.8) is 0 Å². The number of H-pyrrole nitrogens is 1. The van der Waals surface area contributed by atoms with Gasteiger partial charge in [-0.1, -0.05) is 60.7 Å². The number of aromatic amines is 1. The zero-order chi connectivity index (χ0) is 32.8. The first kappa shape index (κ1) is 32.5. The molecule has 0 radical (unpaired) electrons. The summed E-state index contributed by atoms with van der Waals surface area (Å²) in [5, 5.41) is 10.3. The molecule has 4 atom stereocenters. The Hall–Kier alpha value is -4.44. The van der Waals surface area contributed by atoms with Gasteiger partial charge in [0.05, 0.1) is 5.41 Å². The Labute approximate surface area is 275 Å². The number of nitrogens with one attached hydrogen (secondary N) is 4. The highest BCUT2D eigenvalue weighted by Gasteiger charge is 2.42. The maximum Gasteiger partial charge on any atom is 0.245 e. The van der Waals surface area contributed by atoms with Crippen molar-refractivity contribution in [1.29, 1.82) is 0 Å². The van der Waals surface area contributed by atoms with Gasteiger partial charge in [-0.25, -0.2) is 0 Å². The molecule has 2 aromatic carbocycles. The molecule has 6 rings (SSSR count). The van der Waals surface area contributed by atoms with E-state index >= 15 is 0 Å². The zero-order valence-electron chi connectivity index (χ0n) is 27.0. The third-order valence-electron chi connectivity index (χ3n) is 10.1. The van der Waals surface area contributed by atoms with E-state index in [2.05, 4.69) is 33.1 Å². The van der Waals surface area contributed by atoms with Gasteiger partial charge in [-0.15, -0.1) is 0 Å². The van der Waals surface area contributed by atoms with E-state index in [1.54, 1.807) is 0 Å². The van der Waals surface area contributed by atoms with E-state index in [-0.39, 0.29) is 35.6 Å². The number of carbonyl (C=O) groups excluding carboxylic acids is 4. The molecule has 10 nitrogen and oxygen atoms in total. The molecule has 4 heterocycles. The second-order valence-corrected chi connectivity index (χ2v) is 13.3. The smallest absolute Gasteiger partial charge is 0.245 e. The maximum atomic E-state index is 14.0. The van der Waals surface area contributed by atoms with Crippen LogP contribution in [0.5, 0.6) is 0 Å². The fourth-order valence-electron chi connectivity index (χ4n) is 7.37. The van der Waals surface area contributed by atoms with E-state index < -0.39 is 17.5 Å². The van der Waals surface area contributed by atoms with Crippen molar-refractivity contribution in [2.24, 2.45) is 11.3 Å². The molecule has 1 aromatic heterocycles. The minimum absolute atomic E-state index is 0.0305. The lowest BCUT2D eigenvalue weighted by atomic mass is 9.75. The summed E-state index contributed by atoms with van der Waals surface area (Å²) in [6.45, 7) is 3.35. The van der Waals surface area contributed by atoms with Crippen LogP contribution in [0.3, 0.4) is 0 Å². The molecule has 0 bridgehead atoms. The predicted octanol–water partition coefficient (Wildman–Crippen LogP) is 3.42. The highest BCUT2D eigenvalue weighted by atomic mass is 16.5. The monoisotopic (exact) mass is 639 g/mol. The van der Waals surface area contributed by atoms with Crippen molar-refractivity contribution in [3.8, 4) is 0 Å². The van der Waals surface area contributed by atoms with E-state index in [1.807, 2.05) is 65.7 Å². The Bertz CT molecular complexity index is 1610. The van der Waals surface area contributed by atoms with Gasteiger partial charge in [-0.2, -0.15) is 0 Å². The molecular weight excluding hydrogens is 594 g/mol. The summed E-state index contributed by atoms with van der Waals surface area (Å²) >= 11 is 0. The number of rotatable bonds is 6. The van der Waals surface area contributed by atoms with E-state index in [4.69, 9.17) is 4.74 Å². The van der Waals surface area contributed by atoms with Crippen LogP contribution in [0.4, 0.5) is 0 Å². The molecule has 2 fully saturated rings. The zero-order valence-corrected chi connectivity index (χ0v) is 27.0. The second-order valence-electron chi connectivity index (χ2n) is 13.3. The van der Waals surface area contributed by atoms with Gasteiger partial charge in [-0.05, 0) is 49.3 Å². The number of allylic oxidation sites excluding steroid dienone is 2. The number of hydrogen-bond donors (Lipinski definition) is 4. The average molecular weight is 640 g/mol. The van der Waals surface area contributed by atoms with Gasteiger partial charge in [0.25, 0.3) is 0 Å². The van der Waals surface area contributed by atoms with Crippen LogP contribution >= 0.6 is 0 Å². The normalized spacial score (nSPS) is 24.6. The fourth-order valence-corrected chi connectivity index (χ4v) is 7.37. The van der Waals surface area contributed by atoms with Gasteiger partial charge in [0.1, 0.15) is 12.1 Å². The third kappa shape index (κ3) is 7.59. The van der Waals surface area contributed by atoms with Crippen molar-refractivity contribution < 1.29 is 23.9 Å². The summed E-state index contributed by atoms with van der Waals surface area (Å²) in [6.07, 6.45) is 9.83. The lowest BCUT2D eigenvalue weighted by Crippen LogP contribution is -2.60. The van der Waals surface area contributed by atoms with Crippen molar-refractivity contribution in [2.75, 3.05) is 26.3 Å². The Morgan fingerprint density at radius 2 is 1.79 bits per heavy atom. The number of benzene rings is 2. The molecule has 1 spiro atoms. The van der Waals surface area contributed by atoms with Crippen LogP contribution in [0, 0.1) is 11.3 Å². The van der Waals surface area contributed by atoms with Gasteiger partial charge in [0, 0.05) is 75.1 Å². The Balaban J connectivity index is 1.22. The van der Waals surface area contributed by atoms with E-state index in [9.17, 15) is 19.2 Å². The number of fused-ring (bicyclic) bond motifs is 2. The first-order valence-electron chi connectivity index (χ1n) is 16.8. The van der Waals surface area contributed by atoms with Crippen molar-refractivity contribution in [3.05, 3.63) is 84.1 Å². The number of nitrogens with zero attached hydrogens (tertiary/aromatic N) is 1. The standard InChI is InChI=1S/C37H45N5O5/c1-25(43)39-33(22-28-23-38-31-13-6-5-12-29(28)31)35(45)42-18-14-30-27(24-42)11-7-8-15-37(16-19-47-20-17-37)36(46)41-32(34(44)40-30)21-26-9-3-2-4-10-26/h2-10,12-13,23,27,30,32-33,38H,11,14-22,24H2,1H3,(H,39,43)(H,40,44)(H,41,46)/b8-7+/t27-,30+,32-,33+/m0/s1. The number of amides is 4. The number of piperidine rings is 1. The molecular formula is C37H45N5O5. The second kappa shape index (κ2) is 14.5. The van der Waals surface area contributed by atoms with E-state index in [1.165, 1.54) is 6.92 Å². The lowest BCUT2D eigenvalue weighted by molar-refractivity contribution is -0.141. The van der Waals surface area contributed by atoms with Gasteiger partial charge < -0.3 is 30.6 Å². The van der Waals surface area contributed by atoms with E-state index in [0.717, 1.165) is 22.0 Å². The average Bonchev–Trinajstić information content (AvgIpc) is 3.49. The van der Waals surface area contributed by atoms with Crippen LogP contribution in [0.2, 0.25) is 0 Å². The molecule has 4 N–H and O–H groups in total. The molecule has 0 aliphatic carbocycles. The fraction of sp³-hybridized carbons (Fsp3) is 0.459. The molecule has 2 saturated heterocycles. The molecule has 248 valence electrons. The van der Waals surface area contributed by atoms with Crippen LogP contribution in [0.15, 0.2) is 72.9 Å². The highest BCUT2D eigenvalue weighted by molar-refractivity contribution is 5.91. The summed E-state index contributed by atoms with van der Waals surface area (Å²) in [4.78, 5) is 59.1. The van der Waals surface area contributed by atoms with E-state index in [0.29, 0.717) is 71.2 Å². The summed E-state index contributed by atoms with van der Waals surface area (Å²) < 4.78 is 5.61. The van der Waals surface area contributed by atoms with Crippen molar-refractivity contribution in [2.45, 2.75) is 70.0 Å². The van der Waals surface area contributed by atoms with Gasteiger partial charge in [0.2, 0.25) is 23.6 Å². The first-order chi connectivity index (χ1) is 22.8. The topological polar surface area (TPSA) is 133 Å². The third-order valence-corrected chi connectivity index (χ3v) is 10.1. The summed E-state index contributed by atoms with van der Waals surface area (Å²) in [7, 11) is 0. The number of ether oxygens (including phenoxy) is 1. The number of likely N-dealkylation sites (tertiary alicyclic amines) is 1. The molecule has 3 aromatic rings. The summed E-state index contributed by atoms with van der Waals surface area (Å²) in [6, 6.07) is 16.1. The quantitative estimate of drug-likeness (QED) is 0.307. The lowest BCUT2D eigenvalue weighted by Gasteiger charge is -2.41. The van der Waals surface area contributed by atoms with Gasteiger partial charge >= 0.3 is 0 Å². The Kier molecular flexibility index (Phi) is 10.1. The number of para-hydroxylation sites is 1. The molecule has 0 saturated carbocycles. The van der Waals surface area contributed by atoms with Crippen molar-refractivity contribution >= 4 is 34.5 Å². The van der Waals surface area contributed by atoms with Gasteiger partial charge in [0.15, 0.2) is 0 Å². The van der Waals surface area contributed by atoms with Crippen LogP contribution in [0.25, 0.3) is 10.9 Å². The van der Waals surface area contributed by atoms with Crippen LogP contribution in [0.1, 0.15) is 50.2 Å². The highest BCUT2D eigenvalue weighted by Crippen LogP contribution is 2.36. The Morgan fingerprint density at radius 1 is 1.02 bits per heavy atom. The predicted molar refractivity (Wildman–Crippen MR) is 179 cm³/mol. The van der Waals surface area contributed by atoms with Crippen LogP contribution in [-0.2, 0) is 36.8 Å². The molecule has 3 aliphatic heterocycles. The summed E-state index contributed by atoms with van der Waals surface area (Å²) in [5.41, 5.74) is 2.29. The van der Waals surface area contributed by atoms with Crippen LogP contribution in [-0.4, -0.2) is 77.9 Å². The van der Waals surface area contributed by atoms with Crippen LogP contribution < -0.4 is 16.0 Å². The molecule has 4 amide bonds.